The lowest BCUT2D eigenvalue weighted by Crippen LogP contribution is -2.39. The second-order valence-corrected chi connectivity index (χ2v) is 6.78. The number of benzene rings is 2. The predicted molar refractivity (Wildman–Crippen MR) is 102 cm³/mol. The molecule has 0 bridgehead atoms. The van der Waals surface area contributed by atoms with Crippen LogP contribution in [0.1, 0.15) is 15.9 Å². The molecule has 2 aromatic carbocycles. The van der Waals surface area contributed by atoms with E-state index in [0.717, 1.165) is 30.3 Å². The van der Waals surface area contributed by atoms with Crippen LogP contribution in [0.4, 0.5) is 27.6 Å². The fourth-order valence-corrected chi connectivity index (χ4v) is 2.85. The van der Waals surface area contributed by atoms with Gasteiger partial charge < -0.3 is 20.1 Å². The highest BCUT2D eigenvalue weighted by molar-refractivity contribution is 6.04. The first kappa shape index (κ1) is 22.7. The van der Waals surface area contributed by atoms with Crippen LogP contribution in [0.25, 0.3) is 0 Å². The van der Waals surface area contributed by atoms with Gasteiger partial charge in [-0.15, -0.1) is 0 Å². The summed E-state index contributed by atoms with van der Waals surface area (Å²) >= 11 is 0. The summed E-state index contributed by atoms with van der Waals surface area (Å²) in [5, 5.41) is 4.66. The molecule has 2 aromatic rings. The number of ether oxygens (including phenoxy) is 2. The Labute approximate surface area is 174 Å². The van der Waals surface area contributed by atoms with E-state index in [1.807, 2.05) is 0 Å². The summed E-state index contributed by atoms with van der Waals surface area (Å²) in [7, 11) is 0. The molecule has 3 rings (SSSR count). The molecule has 31 heavy (non-hydrogen) atoms. The normalized spacial score (nSPS) is 16.6. The molecule has 0 aromatic heterocycles. The van der Waals surface area contributed by atoms with Crippen LogP contribution < -0.4 is 10.6 Å². The smallest absolute Gasteiger partial charge is 0.314 e. The van der Waals surface area contributed by atoms with Gasteiger partial charge in [-0.05, 0) is 30.3 Å². The number of halogens is 5. The first-order valence-corrected chi connectivity index (χ1v) is 9.25. The van der Waals surface area contributed by atoms with Crippen LogP contribution in [0.5, 0.6) is 0 Å². The summed E-state index contributed by atoms with van der Waals surface area (Å²) in [6, 6.07) is 5.01. The molecule has 0 saturated carbocycles. The Hall–Kier alpha value is -2.98. The van der Waals surface area contributed by atoms with E-state index in [2.05, 4.69) is 17.2 Å². The van der Waals surface area contributed by atoms with Gasteiger partial charge in [-0.1, -0.05) is 6.58 Å². The van der Waals surface area contributed by atoms with Gasteiger partial charge in [-0.3, -0.25) is 4.79 Å². The number of anilines is 1. The number of allylic oxidation sites excluding steroid dienone is 1. The molecule has 1 atom stereocenters. The van der Waals surface area contributed by atoms with Crippen molar-refractivity contribution in [2.24, 2.45) is 0 Å². The zero-order valence-corrected chi connectivity index (χ0v) is 16.2. The third kappa shape index (κ3) is 5.39. The zero-order chi connectivity index (χ0) is 22.6. The third-order valence-electron chi connectivity index (χ3n) is 4.55. The van der Waals surface area contributed by atoms with E-state index in [1.54, 1.807) is 0 Å². The molecule has 1 aliphatic rings. The number of alkyl halides is 2. The van der Waals surface area contributed by atoms with Gasteiger partial charge in [-0.25, -0.2) is 13.2 Å². The van der Waals surface area contributed by atoms with E-state index in [1.165, 1.54) is 0 Å². The van der Waals surface area contributed by atoms with Gasteiger partial charge in [0.15, 0.2) is 11.6 Å². The SMILES string of the molecule is C=C(NCC1COCCO1)C(F)(F)c1cc(C(=O)Nc2ccc(F)c(F)c2)ccc1F. The Kier molecular flexibility index (Phi) is 6.91. The van der Waals surface area contributed by atoms with Gasteiger partial charge >= 0.3 is 5.92 Å². The molecule has 0 aliphatic carbocycles. The van der Waals surface area contributed by atoms with E-state index in [4.69, 9.17) is 9.47 Å². The summed E-state index contributed by atoms with van der Waals surface area (Å²) in [5.41, 5.74) is -2.25. The van der Waals surface area contributed by atoms with Crippen LogP contribution in [0.3, 0.4) is 0 Å². The van der Waals surface area contributed by atoms with Gasteiger partial charge in [0.25, 0.3) is 5.91 Å². The van der Waals surface area contributed by atoms with Gasteiger partial charge in [0, 0.05) is 23.9 Å². The minimum absolute atomic E-state index is 0.0215. The summed E-state index contributed by atoms with van der Waals surface area (Å²) in [5.74, 6) is -8.31. The molecular weight excluding hydrogens is 423 g/mol. The molecule has 0 spiro atoms. The number of nitrogens with one attached hydrogen (secondary N) is 2. The number of carbonyl (C=O) groups excluding carboxylic acids is 1. The van der Waals surface area contributed by atoms with E-state index in [0.29, 0.717) is 19.3 Å². The second kappa shape index (κ2) is 9.44. The van der Waals surface area contributed by atoms with Crippen LogP contribution >= 0.6 is 0 Å². The number of carbonyl (C=O) groups is 1. The van der Waals surface area contributed by atoms with Crippen molar-refractivity contribution in [3.63, 3.8) is 0 Å². The molecule has 2 N–H and O–H groups in total. The van der Waals surface area contributed by atoms with E-state index >= 15 is 0 Å². The molecule has 166 valence electrons. The van der Waals surface area contributed by atoms with E-state index in [-0.39, 0.29) is 24.4 Å². The Balaban J connectivity index is 1.74. The van der Waals surface area contributed by atoms with E-state index in [9.17, 15) is 26.7 Å². The number of hydrogen-bond acceptors (Lipinski definition) is 4. The highest BCUT2D eigenvalue weighted by atomic mass is 19.3. The maximum Gasteiger partial charge on any atom is 0.314 e. The van der Waals surface area contributed by atoms with Gasteiger partial charge in [-0.2, -0.15) is 8.78 Å². The largest absolute Gasteiger partial charge is 0.381 e. The van der Waals surface area contributed by atoms with Crippen LogP contribution in [0.15, 0.2) is 48.7 Å². The standard InChI is InChI=1S/C21H19F5N2O3/c1-12(27-10-15-11-30-6-7-31-15)21(25,26)16-8-13(2-4-17(16)22)20(29)28-14-3-5-18(23)19(24)9-14/h2-5,8-9,15,27H,1,6-7,10-11H2,(H,28,29). The van der Waals surface area contributed by atoms with Crippen molar-refractivity contribution in [1.29, 1.82) is 0 Å². The maximum atomic E-state index is 14.8. The van der Waals surface area contributed by atoms with Crippen molar-refractivity contribution < 1.29 is 36.2 Å². The average Bonchev–Trinajstić information content (AvgIpc) is 2.75. The molecule has 1 amide bonds. The Morgan fingerprint density at radius 1 is 1.06 bits per heavy atom. The van der Waals surface area contributed by atoms with Gasteiger partial charge in [0.1, 0.15) is 5.82 Å². The highest BCUT2D eigenvalue weighted by Gasteiger charge is 2.39. The summed E-state index contributed by atoms with van der Waals surface area (Å²) in [6.45, 7) is 4.23. The van der Waals surface area contributed by atoms with Crippen molar-refractivity contribution in [3.05, 3.63) is 77.3 Å². The Bertz CT molecular complexity index is 977. The van der Waals surface area contributed by atoms with Crippen molar-refractivity contribution in [2.75, 3.05) is 31.7 Å². The molecule has 0 radical (unpaired) electrons. The van der Waals surface area contributed by atoms with Crippen LogP contribution in [-0.4, -0.2) is 38.4 Å². The lowest BCUT2D eigenvalue weighted by molar-refractivity contribution is -0.0869. The minimum atomic E-state index is -3.85. The van der Waals surface area contributed by atoms with Crippen molar-refractivity contribution in [2.45, 2.75) is 12.0 Å². The molecule has 5 nitrogen and oxygen atoms in total. The fraction of sp³-hybridized carbons (Fsp3) is 0.286. The van der Waals surface area contributed by atoms with Crippen molar-refractivity contribution in [1.82, 2.24) is 5.32 Å². The number of rotatable bonds is 7. The first-order valence-electron chi connectivity index (χ1n) is 9.25. The first-order chi connectivity index (χ1) is 14.7. The second-order valence-electron chi connectivity index (χ2n) is 6.78. The molecular formula is C21H19F5N2O3. The molecule has 1 fully saturated rings. The van der Waals surface area contributed by atoms with Crippen LogP contribution in [0, 0.1) is 17.5 Å². The van der Waals surface area contributed by atoms with Crippen molar-refractivity contribution in [3.8, 4) is 0 Å². The fourth-order valence-electron chi connectivity index (χ4n) is 2.85. The summed E-state index contributed by atoms with van der Waals surface area (Å²) < 4.78 is 80.7. The quantitative estimate of drug-likeness (QED) is 0.638. The minimum Gasteiger partial charge on any atom is -0.381 e. The monoisotopic (exact) mass is 442 g/mol. The summed E-state index contributed by atoms with van der Waals surface area (Å²) in [4.78, 5) is 12.3. The molecule has 1 aliphatic heterocycles. The Morgan fingerprint density at radius 3 is 2.48 bits per heavy atom. The molecule has 10 heteroatoms. The molecule has 1 unspecified atom stereocenters. The van der Waals surface area contributed by atoms with Gasteiger partial charge in [0.2, 0.25) is 0 Å². The van der Waals surface area contributed by atoms with Gasteiger partial charge in [0.05, 0.1) is 37.2 Å². The summed E-state index contributed by atoms with van der Waals surface area (Å²) in [6.07, 6.45) is -0.459. The predicted octanol–water partition coefficient (Wildman–Crippen LogP) is 3.97. The topological polar surface area (TPSA) is 59.6 Å². The van der Waals surface area contributed by atoms with Crippen LogP contribution in [-0.2, 0) is 15.4 Å². The Morgan fingerprint density at radius 2 is 1.81 bits per heavy atom. The van der Waals surface area contributed by atoms with Crippen LogP contribution in [0.2, 0.25) is 0 Å². The third-order valence-corrected chi connectivity index (χ3v) is 4.55. The zero-order valence-electron chi connectivity index (χ0n) is 16.2. The average molecular weight is 442 g/mol. The number of amides is 1. The number of hydrogen-bond donors (Lipinski definition) is 2. The molecule has 1 heterocycles. The lowest BCUT2D eigenvalue weighted by atomic mass is 10.0. The molecule has 1 saturated heterocycles. The highest BCUT2D eigenvalue weighted by Crippen LogP contribution is 2.36. The van der Waals surface area contributed by atoms with E-state index < -0.39 is 46.6 Å². The lowest BCUT2D eigenvalue weighted by Gasteiger charge is -2.26. The van der Waals surface area contributed by atoms with Crippen molar-refractivity contribution >= 4 is 11.6 Å². The maximum absolute atomic E-state index is 14.8.